The van der Waals surface area contributed by atoms with E-state index in [1.54, 1.807) is 93.7 Å². The van der Waals surface area contributed by atoms with Gasteiger partial charge >= 0.3 is 0 Å². The maximum atomic E-state index is 3.86. The molecule has 2 nitrogen and oxygen atoms in total. The van der Waals surface area contributed by atoms with Crippen molar-refractivity contribution in [3.63, 3.8) is 0 Å². The topological polar surface area (TPSA) is 24.1 Å². The Balaban J connectivity index is 1.24. The molecule has 2 heterocycles. The van der Waals surface area contributed by atoms with Gasteiger partial charge in [-0.05, 0) is 213 Å². The number of rotatable bonds is 7. The predicted octanol–water partition coefficient (Wildman–Crippen LogP) is 10.5. The van der Waals surface area contributed by atoms with Gasteiger partial charge in [-0.3, -0.25) is 0 Å². The highest BCUT2D eigenvalue weighted by molar-refractivity contribution is 7.60. The lowest BCUT2D eigenvalue weighted by Gasteiger charge is -2.67. The van der Waals surface area contributed by atoms with Crippen molar-refractivity contribution >= 4 is 17.2 Å². The Morgan fingerprint density at radius 2 is 0.979 bits per heavy atom. The van der Waals surface area contributed by atoms with Crippen LogP contribution in [0.15, 0.2) is 12.1 Å². The van der Waals surface area contributed by atoms with Gasteiger partial charge in [0.1, 0.15) is 0 Å². The van der Waals surface area contributed by atoms with Crippen LogP contribution in [-0.2, 0) is 22.1 Å². The second kappa shape index (κ2) is 11.8. The van der Waals surface area contributed by atoms with Crippen LogP contribution in [-0.4, -0.2) is 36.5 Å². The molecule has 48 heavy (non-hydrogen) atoms. The molecule has 10 aliphatic rings. The molecule has 8 aliphatic carbocycles. The van der Waals surface area contributed by atoms with Gasteiger partial charge in [0.2, 0.25) is 0 Å². The Morgan fingerprint density at radius 3 is 1.31 bits per heavy atom. The summed E-state index contributed by atoms with van der Waals surface area (Å²) in [5.74, 6) is 7.72. The molecule has 4 heteroatoms. The van der Waals surface area contributed by atoms with Crippen LogP contribution >= 0.6 is 17.2 Å². The van der Waals surface area contributed by atoms with Crippen molar-refractivity contribution in [2.45, 2.75) is 164 Å². The van der Waals surface area contributed by atoms with E-state index in [4.69, 9.17) is 0 Å². The van der Waals surface area contributed by atoms with Crippen molar-refractivity contribution in [1.82, 2.24) is 10.6 Å². The molecule has 266 valence electrons. The van der Waals surface area contributed by atoms with Crippen molar-refractivity contribution in [3.8, 4) is 0 Å². The third-order valence-electron chi connectivity index (χ3n) is 16.3. The average molecular weight is 689 g/mol. The highest BCUT2D eigenvalue weighted by Gasteiger charge is 2.63. The molecule has 3 unspecified atom stereocenters. The van der Waals surface area contributed by atoms with E-state index in [1.165, 1.54) is 45.2 Å². The summed E-state index contributed by atoms with van der Waals surface area (Å²) in [6.45, 7) is 19.8. The maximum absolute atomic E-state index is 3.86. The van der Waals surface area contributed by atoms with Crippen LogP contribution in [0.4, 0.5) is 0 Å². The summed E-state index contributed by atoms with van der Waals surface area (Å²) in [7, 11) is 3.59. The second-order valence-corrected chi connectivity index (χ2v) is 25.8. The van der Waals surface area contributed by atoms with Crippen LogP contribution in [0.3, 0.4) is 0 Å². The quantitative estimate of drug-likeness (QED) is 0.279. The standard InChI is InChI=1S/C44H70N2P2/c1-40(2,3)38-17-34(37(18-39(38)41(4,5)6)44(47,35-7-9-45-25-35)36-8-10-46-26-36)27-48(42-19-28-11-29(20-42)13-30(12-28)21-42)43-22-31-14-32(23-43)16-33(15-31)24-43/h17-18,28-33,35-36,45-46H,7-16,19-27,47H2,1-6H3. The Labute approximate surface area is 298 Å². The van der Waals surface area contributed by atoms with Gasteiger partial charge in [0.25, 0.3) is 0 Å². The average Bonchev–Trinajstić information content (AvgIpc) is 3.73. The van der Waals surface area contributed by atoms with E-state index in [0.29, 0.717) is 22.1 Å². The summed E-state index contributed by atoms with van der Waals surface area (Å²) in [6, 6.07) is 5.77. The summed E-state index contributed by atoms with van der Waals surface area (Å²) in [4.78, 5) is 0. The van der Waals surface area contributed by atoms with Crippen LogP contribution in [0.1, 0.15) is 154 Å². The molecule has 0 amide bonds. The summed E-state index contributed by atoms with van der Waals surface area (Å²) >= 11 is 0. The van der Waals surface area contributed by atoms with E-state index in [1.807, 2.05) is 5.56 Å². The normalized spacial score (nSPS) is 43.6. The van der Waals surface area contributed by atoms with Crippen LogP contribution in [0.2, 0.25) is 0 Å². The van der Waals surface area contributed by atoms with Crippen LogP contribution in [0.5, 0.6) is 0 Å². The fourth-order valence-corrected chi connectivity index (χ4v) is 21.1. The number of hydrogen-bond donors (Lipinski definition) is 2. The molecule has 0 aromatic heterocycles. The zero-order valence-electron chi connectivity index (χ0n) is 31.7. The molecule has 8 bridgehead atoms. The molecule has 2 saturated heterocycles. The van der Waals surface area contributed by atoms with Gasteiger partial charge in [0, 0.05) is 5.16 Å². The Hall–Kier alpha value is 0. The fourth-order valence-electron chi connectivity index (χ4n) is 15.1. The SMILES string of the molecule is CC(C)(C)c1cc(CP(C23CC4CC(CC(C4)C2)C3)C23CC4CC(CC(C4)C2)C3)c(C(P)(C2CCNC2)C2CCNC2)cc1C(C)(C)C. The first kappa shape index (κ1) is 33.8. The summed E-state index contributed by atoms with van der Waals surface area (Å²) in [6.07, 6.45) is 23.3. The molecule has 1 aromatic rings. The van der Waals surface area contributed by atoms with Crippen molar-refractivity contribution in [1.29, 1.82) is 0 Å². The molecular weight excluding hydrogens is 618 g/mol. The minimum Gasteiger partial charge on any atom is -0.316 e. The van der Waals surface area contributed by atoms with Crippen LogP contribution < -0.4 is 10.6 Å². The first-order valence-corrected chi connectivity index (χ1v) is 23.0. The second-order valence-electron chi connectivity index (χ2n) is 21.7. The van der Waals surface area contributed by atoms with Gasteiger partial charge in [-0.15, -0.1) is 9.24 Å². The highest BCUT2D eigenvalue weighted by Crippen LogP contribution is 2.80. The van der Waals surface area contributed by atoms with Gasteiger partial charge in [0.15, 0.2) is 0 Å². The predicted molar refractivity (Wildman–Crippen MR) is 210 cm³/mol. The third-order valence-corrected chi connectivity index (χ3v) is 21.6. The number of nitrogens with one attached hydrogen (secondary N) is 2. The van der Waals surface area contributed by atoms with E-state index in [-0.39, 0.29) is 23.9 Å². The van der Waals surface area contributed by atoms with E-state index >= 15 is 0 Å². The van der Waals surface area contributed by atoms with E-state index < -0.39 is 0 Å². The van der Waals surface area contributed by atoms with Crippen molar-refractivity contribution < 1.29 is 0 Å². The Morgan fingerprint density at radius 1 is 0.604 bits per heavy atom. The minimum atomic E-state index is -0.0993. The lowest BCUT2D eigenvalue weighted by Crippen LogP contribution is -2.56. The van der Waals surface area contributed by atoms with E-state index in [0.717, 1.165) is 35.5 Å². The van der Waals surface area contributed by atoms with Crippen LogP contribution in [0, 0.1) is 47.3 Å². The zero-order chi connectivity index (χ0) is 33.3. The summed E-state index contributed by atoms with van der Waals surface area (Å²) < 4.78 is 0. The zero-order valence-corrected chi connectivity index (χ0v) is 33.8. The summed E-state index contributed by atoms with van der Waals surface area (Å²) in [5.41, 5.74) is 7.18. The highest BCUT2D eigenvalue weighted by atomic mass is 31.1. The molecule has 11 rings (SSSR count). The Kier molecular flexibility index (Phi) is 8.28. The number of benzene rings is 1. The summed E-state index contributed by atoms with van der Waals surface area (Å²) in [5, 5.41) is 9.21. The lowest BCUT2D eigenvalue weighted by atomic mass is 9.55. The van der Waals surface area contributed by atoms with E-state index in [9.17, 15) is 0 Å². The molecule has 8 saturated carbocycles. The monoisotopic (exact) mass is 689 g/mol. The molecule has 3 atom stereocenters. The van der Waals surface area contributed by atoms with Gasteiger partial charge in [-0.25, -0.2) is 0 Å². The lowest BCUT2D eigenvalue weighted by molar-refractivity contribution is 0.0184. The van der Waals surface area contributed by atoms with Crippen molar-refractivity contribution in [2.24, 2.45) is 47.3 Å². The smallest absolute Gasteiger partial charge is 0.0182 e. The van der Waals surface area contributed by atoms with Gasteiger partial charge in [-0.2, -0.15) is 0 Å². The van der Waals surface area contributed by atoms with Gasteiger partial charge in [-0.1, -0.05) is 61.6 Å². The van der Waals surface area contributed by atoms with Gasteiger partial charge < -0.3 is 10.6 Å². The minimum absolute atomic E-state index is 0.0993. The molecule has 1 aromatic carbocycles. The molecule has 10 fully saturated rings. The molecular formula is C44H70N2P2. The Bertz CT molecular complexity index is 1250. The molecule has 2 N–H and O–H groups in total. The molecule has 0 spiro atoms. The van der Waals surface area contributed by atoms with Crippen molar-refractivity contribution in [2.75, 3.05) is 26.2 Å². The third kappa shape index (κ3) is 5.51. The van der Waals surface area contributed by atoms with Crippen LogP contribution in [0.25, 0.3) is 0 Å². The first-order valence-electron chi connectivity index (χ1n) is 20.9. The van der Waals surface area contributed by atoms with Gasteiger partial charge in [0.05, 0.1) is 0 Å². The van der Waals surface area contributed by atoms with E-state index in [2.05, 4.69) is 73.5 Å². The number of hydrogen-bond acceptors (Lipinski definition) is 2. The fraction of sp³-hybridized carbons (Fsp3) is 0.864. The largest absolute Gasteiger partial charge is 0.316 e. The van der Waals surface area contributed by atoms with Crippen molar-refractivity contribution in [3.05, 3.63) is 34.4 Å². The molecule has 0 radical (unpaired) electrons. The maximum Gasteiger partial charge on any atom is 0.0182 e. The molecule has 2 aliphatic heterocycles. The first-order chi connectivity index (χ1) is 22.7.